The summed E-state index contributed by atoms with van der Waals surface area (Å²) >= 11 is 0. The van der Waals surface area contributed by atoms with Crippen molar-refractivity contribution in [2.24, 2.45) is 0 Å². The molecule has 0 saturated heterocycles. The van der Waals surface area contributed by atoms with Gasteiger partial charge in [0.15, 0.2) is 11.5 Å². The van der Waals surface area contributed by atoms with Crippen LogP contribution in [0.3, 0.4) is 0 Å². The number of hydrogen-bond acceptors (Lipinski definition) is 5. The van der Waals surface area contributed by atoms with Crippen LogP contribution in [0.25, 0.3) is 17.0 Å². The van der Waals surface area contributed by atoms with Crippen LogP contribution in [-0.4, -0.2) is 36.8 Å². The molecule has 3 aromatic heterocycles. The quantitative estimate of drug-likeness (QED) is 0.740. The second-order valence-corrected chi connectivity index (χ2v) is 4.68. The van der Waals surface area contributed by atoms with Gasteiger partial charge in [-0.05, 0) is 18.9 Å². The minimum absolute atomic E-state index is 0.540. The van der Waals surface area contributed by atoms with Crippen molar-refractivity contribution in [2.45, 2.75) is 18.8 Å². The summed E-state index contributed by atoms with van der Waals surface area (Å²) in [5, 5.41) is 7.54. The molecule has 3 heterocycles. The van der Waals surface area contributed by atoms with Gasteiger partial charge in [-0.25, -0.2) is 9.67 Å². The number of aromatic nitrogens is 6. The first kappa shape index (κ1) is 10.5. The van der Waals surface area contributed by atoms with Crippen LogP contribution in [-0.2, 0) is 0 Å². The van der Waals surface area contributed by atoms with E-state index in [1.165, 1.54) is 12.8 Å². The highest BCUT2D eigenvalue weighted by molar-refractivity contribution is 5.79. The normalized spacial score (nSPS) is 15.0. The van der Waals surface area contributed by atoms with Crippen LogP contribution in [0.1, 0.15) is 24.5 Å². The number of imidazole rings is 1. The highest BCUT2D eigenvalue weighted by atomic mass is 15.3. The Bertz CT molecular complexity index is 737. The number of aromatic amines is 1. The fourth-order valence-electron chi connectivity index (χ4n) is 2.15. The van der Waals surface area contributed by atoms with E-state index in [0.717, 1.165) is 17.0 Å². The van der Waals surface area contributed by atoms with E-state index in [4.69, 9.17) is 0 Å². The first-order chi connectivity index (χ1) is 9.35. The summed E-state index contributed by atoms with van der Waals surface area (Å²) in [6, 6.07) is 2.06. The number of rotatable bonds is 3. The van der Waals surface area contributed by atoms with E-state index in [1.807, 2.05) is 6.20 Å². The Hall–Kier alpha value is -2.44. The average Bonchev–Trinajstić information content (AvgIpc) is 3.00. The van der Waals surface area contributed by atoms with Gasteiger partial charge in [0.05, 0.1) is 12.0 Å². The molecule has 1 aliphatic rings. The molecule has 0 bridgehead atoms. The van der Waals surface area contributed by atoms with Crippen molar-refractivity contribution in [3.8, 4) is 5.82 Å². The van der Waals surface area contributed by atoms with Crippen LogP contribution in [0.4, 0.5) is 5.95 Å². The highest BCUT2D eigenvalue weighted by Gasteiger charge is 2.26. The molecular weight excluding hydrogens is 242 g/mol. The first-order valence-electron chi connectivity index (χ1n) is 6.30. The number of nitrogens with zero attached hydrogens (tertiary/aromatic N) is 5. The SMILES string of the molecule is CNc1nc(-n2ccc(C3CC3)n2)c2[nH]cnc2n1. The summed E-state index contributed by atoms with van der Waals surface area (Å²) in [7, 11) is 1.79. The van der Waals surface area contributed by atoms with Crippen molar-refractivity contribution < 1.29 is 0 Å². The lowest BCUT2D eigenvalue weighted by molar-refractivity contribution is 0.815. The van der Waals surface area contributed by atoms with Crippen molar-refractivity contribution in [2.75, 3.05) is 12.4 Å². The molecule has 3 aromatic rings. The molecule has 4 rings (SSSR count). The second-order valence-electron chi connectivity index (χ2n) is 4.68. The molecule has 96 valence electrons. The van der Waals surface area contributed by atoms with E-state index in [-0.39, 0.29) is 0 Å². The number of hydrogen-bond donors (Lipinski definition) is 2. The summed E-state index contributed by atoms with van der Waals surface area (Å²) in [5.74, 6) is 1.89. The van der Waals surface area contributed by atoms with E-state index in [0.29, 0.717) is 17.5 Å². The lowest BCUT2D eigenvalue weighted by Gasteiger charge is -2.04. The zero-order chi connectivity index (χ0) is 12.8. The molecule has 7 nitrogen and oxygen atoms in total. The van der Waals surface area contributed by atoms with E-state index in [1.54, 1.807) is 18.1 Å². The van der Waals surface area contributed by atoms with Crippen molar-refractivity contribution in [3.05, 3.63) is 24.3 Å². The molecule has 0 amide bonds. The standard InChI is InChI=1S/C12H13N7/c1-13-12-16-10-9(14-6-15-10)11(17-12)19-5-4-8(18-19)7-2-3-7/h4-7H,2-3H2,1H3,(H2,13,14,15,16,17). The molecule has 0 unspecified atom stereocenters. The Morgan fingerprint density at radius 3 is 3.05 bits per heavy atom. The predicted octanol–water partition coefficient (Wildman–Crippen LogP) is 1.46. The molecule has 1 aliphatic carbocycles. The Morgan fingerprint density at radius 2 is 2.26 bits per heavy atom. The Labute approximate surface area is 109 Å². The Balaban J connectivity index is 1.89. The zero-order valence-corrected chi connectivity index (χ0v) is 10.5. The van der Waals surface area contributed by atoms with Crippen LogP contribution >= 0.6 is 0 Å². The second kappa shape index (κ2) is 3.78. The van der Waals surface area contributed by atoms with Gasteiger partial charge in [-0.3, -0.25) is 0 Å². The van der Waals surface area contributed by atoms with Crippen molar-refractivity contribution in [1.29, 1.82) is 0 Å². The minimum atomic E-state index is 0.540. The Morgan fingerprint density at radius 1 is 1.37 bits per heavy atom. The van der Waals surface area contributed by atoms with E-state index < -0.39 is 0 Å². The van der Waals surface area contributed by atoms with Gasteiger partial charge in [0.1, 0.15) is 5.52 Å². The molecular formula is C12H13N7. The van der Waals surface area contributed by atoms with Crippen molar-refractivity contribution >= 4 is 17.1 Å². The number of anilines is 1. The summed E-state index contributed by atoms with van der Waals surface area (Å²) in [4.78, 5) is 16.0. The van der Waals surface area contributed by atoms with Crippen LogP contribution in [0.5, 0.6) is 0 Å². The number of nitrogens with one attached hydrogen (secondary N) is 2. The van der Waals surface area contributed by atoms with E-state index in [9.17, 15) is 0 Å². The molecule has 1 fully saturated rings. The van der Waals surface area contributed by atoms with Crippen LogP contribution in [0, 0.1) is 0 Å². The van der Waals surface area contributed by atoms with Crippen LogP contribution in [0.15, 0.2) is 18.6 Å². The number of fused-ring (bicyclic) bond motifs is 1. The third kappa shape index (κ3) is 1.66. The molecule has 0 spiro atoms. The van der Waals surface area contributed by atoms with Crippen molar-refractivity contribution in [3.63, 3.8) is 0 Å². The van der Waals surface area contributed by atoms with Crippen LogP contribution in [0.2, 0.25) is 0 Å². The Kier molecular flexibility index (Phi) is 2.08. The third-order valence-corrected chi connectivity index (χ3v) is 3.31. The van der Waals surface area contributed by atoms with Gasteiger partial charge >= 0.3 is 0 Å². The highest BCUT2D eigenvalue weighted by Crippen LogP contribution is 2.39. The lowest BCUT2D eigenvalue weighted by Crippen LogP contribution is -2.05. The maximum Gasteiger partial charge on any atom is 0.226 e. The van der Waals surface area contributed by atoms with Gasteiger partial charge in [-0.1, -0.05) is 0 Å². The molecule has 19 heavy (non-hydrogen) atoms. The smallest absolute Gasteiger partial charge is 0.226 e. The van der Waals surface area contributed by atoms with Gasteiger partial charge in [0.2, 0.25) is 5.95 Å². The number of H-pyrrole nitrogens is 1. The molecule has 2 N–H and O–H groups in total. The molecule has 0 aromatic carbocycles. The summed E-state index contributed by atoms with van der Waals surface area (Å²) in [5.41, 5.74) is 2.57. The van der Waals surface area contributed by atoms with Crippen LogP contribution < -0.4 is 5.32 Å². The van der Waals surface area contributed by atoms with Gasteiger partial charge in [-0.2, -0.15) is 15.1 Å². The predicted molar refractivity (Wildman–Crippen MR) is 70.3 cm³/mol. The van der Waals surface area contributed by atoms with Gasteiger partial charge < -0.3 is 10.3 Å². The van der Waals surface area contributed by atoms with E-state index in [2.05, 4.69) is 36.4 Å². The zero-order valence-electron chi connectivity index (χ0n) is 10.5. The maximum atomic E-state index is 4.60. The molecule has 0 aliphatic heterocycles. The topological polar surface area (TPSA) is 84.3 Å². The van der Waals surface area contributed by atoms with Gasteiger partial charge in [0.25, 0.3) is 0 Å². The molecule has 0 radical (unpaired) electrons. The molecule has 1 saturated carbocycles. The summed E-state index contributed by atoms with van der Waals surface area (Å²) < 4.78 is 1.79. The summed E-state index contributed by atoms with van der Waals surface area (Å²) in [6.45, 7) is 0. The molecule has 0 atom stereocenters. The first-order valence-corrected chi connectivity index (χ1v) is 6.30. The minimum Gasteiger partial charge on any atom is -0.357 e. The fourth-order valence-corrected chi connectivity index (χ4v) is 2.15. The summed E-state index contributed by atoms with van der Waals surface area (Å²) in [6.07, 6.45) is 6.04. The van der Waals surface area contributed by atoms with Crippen molar-refractivity contribution in [1.82, 2.24) is 29.7 Å². The van der Waals surface area contributed by atoms with E-state index >= 15 is 0 Å². The monoisotopic (exact) mass is 255 g/mol. The third-order valence-electron chi connectivity index (χ3n) is 3.31. The fraction of sp³-hybridized carbons (Fsp3) is 0.333. The maximum absolute atomic E-state index is 4.60. The largest absolute Gasteiger partial charge is 0.357 e. The van der Waals surface area contributed by atoms with Gasteiger partial charge in [0, 0.05) is 19.2 Å². The van der Waals surface area contributed by atoms with Gasteiger partial charge in [-0.15, -0.1) is 0 Å². The average molecular weight is 255 g/mol. The molecule has 7 heteroatoms. The lowest BCUT2D eigenvalue weighted by atomic mass is 10.3.